The molecule has 3 rings (SSSR count). The number of amides is 2. The van der Waals surface area contributed by atoms with Gasteiger partial charge in [-0.05, 0) is 50.1 Å². The number of aryl methyl sites for hydroxylation is 1. The Bertz CT molecular complexity index is 983. The lowest BCUT2D eigenvalue weighted by Crippen LogP contribution is -2.37. The number of para-hydroxylation sites is 1. The number of anilines is 1. The number of hydrogen-bond donors (Lipinski definition) is 1. The summed E-state index contributed by atoms with van der Waals surface area (Å²) < 4.78 is 11.2. The van der Waals surface area contributed by atoms with Crippen LogP contribution in [-0.4, -0.2) is 24.7 Å². The quantitative estimate of drug-likeness (QED) is 0.746. The summed E-state index contributed by atoms with van der Waals surface area (Å²) in [4.78, 5) is 26.5. The molecule has 2 N–H and O–H groups in total. The smallest absolute Gasteiger partial charge is 0.339 e. The highest BCUT2D eigenvalue weighted by Gasteiger charge is 2.50. The number of ether oxygens (including phenoxy) is 2. The van der Waals surface area contributed by atoms with Gasteiger partial charge in [0.2, 0.25) is 5.88 Å². The minimum Gasteiger partial charge on any atom is -0.471 e. The molecule has 29 heavy (non-hydrogen) atoms. The second-order valence-corrected chi connectivity index (χ2v) is 7.80. The highest BCUT2D eigenvalue weighted by Crippen LogP contribution is 2.48. The number of hydrogen-bond acceptors (Lipinski definition) is 4. The van der Waals surface area contributed by atoms with Crippen molar-refractivity contribution in [2.24, 2.45) is 5.73 Å². The van der Waals surface area contributed by atoms with E-state index in [4.69, 9.17) is 26.8 Å². The lowest BCUT2D eigenvalue weighted by Gasteiger charge is -2.29. The molecule has 0 bridgehead atoms. The number of halogens is 1. The summed E-state index contributed by atoms with van der Waals surface area (Å²) in [6.07, 6.45) is 0. The molecule has 0 saturated heterocycles. The van der Waals surface area contributed by atoms with Crippen LogP contribution in [0.15, 0.2) is 60.0 Å². The zero-order chi connectivity index (χ0) is 21.3. The standard InChI is InChI=1S/C22H23ClN2O4/c1-13-7-5-6-8-16(13)25(21(24)27)19-17(20(26)28-4)18(22(2,3)29-19)14-9-11-15(23)12-10-14/h5-12,18H,1-4H3,(H2,24,27). The molecule has 6 nitrogen and oxygen atoms in total. The van der Waals surface area contributed by atoms with Gasteiger partial charge in [0.25, 0.3) is 0 Å². The van der Waals surface area contributed by atoms with Crippen LogP contribution in [0.25, 0.3) is 0 Å². The molecule has 7 heteroatoms. The Morgan fingerprint density at radius 2 is 1.76 bits per heavy atom. The third-order valence-electron chi connectivity index (χ3n) is 4.96. The summed E-state index contributed by atoms with van der Waals surface area (Å²) >= 11 is 6.03. The highest BCUT2D eigenvalue weighted by molar-refractivity contribution is 6.30. The number of methoxy groups -OCH3 is 1. The summed E-state index contributed by atoms with van der Waals surface area (Å²) in [6, 6.07) is 13.6. The Morgan fingerprint density at radius 1 is 1.14 bits per heavy atom. The predicted octanol–water partition coefficient (Wildman–Crippen LogP) is 4.51. The van der Waals surface area contributed by atoms with Gasteiger partial charge < -0.3 is 15.2 Å². The molecule has 0 fully saturated rings. The summed E-state index contributed by atoms with van der Waals surface area (Å²) in [7, 11) is 1.29. The molecule has 0 spiro atoms. The first-order valence-electron chi connectivity index (χ1n) is 9.09. The fourth-order valence-electron chi connectivity index (χ4n) is 3.68. The van der Waals surface area contributed by atoms with Crippen molar-refractivity contribution in [2.75, 3.05) is 12.0 Å². The second kappa shape index (κ2) is 7.79. The molecule has 2 amide bonds. The van der Waals surface area contributed by atoms with Crippen LogP contribution in [0.3, 0.4) is 0 Å². The first-order chi connectivity index (χ1) is 13.7. The van der Waals surface area contributed by atoms with Gasteiger partial charge >= 0.3 is 12.0 Å². The summed E-state index contributed by atoms with van der Waals surface area (Å²) in [5, 5.41) is 0.577. The van der Waals surface area contributed by atoms with E-state index in [1.165, 1.54) is 12.0 Å². The van der Waals surface area contributed by atoms with Crippen LogP contribution >= 0.6 is 11.6 Å². The van der Waals surface area contributed by atoms with Crippen LogP contribution in [0, 0.1) is 6.92 Å². The SMILES string of the molecule is COC(=O)C1=C(N(C(N)=O)c2ccccc2C)OC(C)(C)C1c1ccc(Cl)cc1. The number of esters is 1. The predicted molar refractivity (Wildman–Crippen MR) is 112 cm³/mol. The number of carbonyl (C=O) groups excluding carboxylic acids is 2. The molecule has 152 valence electrons. The average Bonchev–Trinajstić information content (AvgIpc) is 2.94. The lowest BCUT2D eigenvalue weighted by molar-refractivity contribution is -0.136. The molecule has 1 aliphatic heterocycles. The second-order valence-electron chi connectivity index (χ2n) is 7.36. The van der Waals surface area contributed by atoms with E-state index in [-0.39, 0.29) is 11.5 Å². The maximum atomic E-state index is 12.8. The summed E-state index contributed by atoms with van der Waals surface area (Å²) in [5.41, 5.74) is 7.24. The van der Waals surface area contributed by atoms with Crippen molar-refractivity contribution in [2.45, 2.75) is 32.3 Å². The number of benzene rings is 2. The van der Waals surface area contributed by atoms with Gasteiger partial charge in [-0.2, -0.15) is 0 Å². The molecular formula is C22H23ClN2O4. The molecular weight excluding hydrogens is 392 g/mol. The first-order valence-corrected chi connectivity index (χ1v) is 9.47. The van der Waals surface area contributed by atoms with Gasteiger partial charge in [0.15, 0.2) is 0 Å². The fraction of sp³-hybridized carbons (Fsp3) is 0.273. The number of primary amides is 1. The van der Waals surface area contributed by atoms with Crippen LogP contribution in [-0.2, 0) is 14.3 Å². The number of urea groups is 1. The van der Waals surface area contributed by atoms with Crippen LogP contribution in [0.5, 0.6) is 0 Å². The summed E-state index contributed by atoms with van der Waals surface area (Å²) in [5.74, 6) is -1.01. The molecule has 0 aromatic heterocycles. The largest absolute Gasteiger partial charge is 0.471 e. The molecule has 1 atom stereocenters. The molecule has 1 unspecified atom stereocenters. The van der Waals surface area contributed by atoms with Gasteiger partial charge in [0.1, 0.15) is 11.2 Å². The van der Waals surface area contributed by atoms with Crippen molar-refractivity contribution < 1.29 is 19.1 Å². The molecule has 0 saturated carbocycles. The van der Waals surface area contributed by atoms with Crippen LogP contribution in [0.2, 0.25) is 5.02 Å². The van der Waals surface area contributed by atoms with Crippen molar-refractivity contribution in [3.8, 4) is 0 Å². The Morgan fingerprint density at radius 3 is 2.31 bits per heavy atom. The number of rotatable bonds is 4. The molecule has 2 aromatic carbocycles. The van der Waals surface area contributed by atoms with E-state index >= 15 is 0 Å². The number of nitrogens with two attached hydrogens (primary N) is 1. The molecule has 2 aromatic rings. The fourth-order valence-corrected chi connectivity index (χ4v) is 3.81. The zero-order valence-corrected chi connectivity index (χ0v) is 17.5. The molecule has 1 heterocycles. The topological polar surface area (TPSA) is 81.9 Å². The van der Waals surface area contributed by atoms with E-state index in [9.17, 15) is 9.59 Å². The third kappa shape index (κ3) is 3.80. The minimum absolute atomic E-state index is 0.0728. The molecule has 0 radical (unpaired) electrons. The average molecular weight is 415 g/mol. The third-order valence-corrected chi connectivity index (χ3v) is 5.21. The van der Waals surface area contributed by atoms with Crippen molar-refractivity contribution >= 4 is 29.3 Å². The van der Waals surface area contributed by atoms with Crippen molar-refractivity contribution in [1.82, 2.24) is 0 Å². The molecule has 1 aliphatic rings. The van der Waals surface area contributed by atoms with Crippen LogP contribution < -0.4 is 10.6 Å². The normalized spacial score (nSPS) is 17.6. The van der Waals surface area contributed by atoms with Gasteiger partial charge in [-0.1, -0.05) is 41.9 Å². The highest BCUT2D eigenvalue weighted by atomic mass is 35.5. The van der Waals surface area contributed by atoms with E-state index in [0.29, 0.717) is 10.7 Å². The maximum Gasteiger partial charge on any atom is 0.339 e. The number of carbonyl (C=O) groups is 2. The van der Waals surface area contributed by atoms with Crippen molar-refractivity contribution in [3.63, 3.8) is 0 Å². The van der Waals surface area contributed by atoms with Gasteiger partial charge in [0, 0.05) is 5.02 Å². The zero-order valence-electron chi connectivity index (χ0n) is 16.7. The van der Waals surface area contributed by atoms with Crippen LogP contribution in [0.1, 0.15) is 30.9 Å². The Kier molecular flexibility index (Phi) is 5.57. The van der Waals surface area contributed by atoms with E-state index in [2.05, 4.69) is 0 Å². The van der Waals surface area contributed by atoms with E-state index in [1.807, 2.05) is 45.0 Å². The monoisotopic (exact) mass is 414 g/mol. The van der Waals surface area contributed by atoms with E-state index < -0.39 is 23.5 Å². The lowest BCUT2D eigenvalue weighted by atomic mass is 9.81. The molecule has 0 aliphatic carbocycles. The van der Waals surface area contributed by atoms with Crippen molar-refractivity contribution in [1.29, 1.82) is 0 Å². The van der Waals surface area contributed by atoms with E-state index in [1.54, 1.807) is 24.3 Å². The van der Waals surface area contributed by atoms with Gasteiger partial charge in [-0.3, -0.25) is 0 Å². The summed E-state index contributed by atoms with van der Waals surface area (Å²) in [6.45, 7) is 5.54. The first kappa shape index (κ1) is 20.7. The Balaban J connectivity index is 2.26. The van der Waals surface area contributed by atoms with Gasteiger partial charge in [-0.25, -0.2) is 14.5 Å². The maximum absolute atomic E-state index is 12.8. The van der Waals surface area contributed by atoms with Gasteiger partial charge in [-0.15, -0.1) is 0 Å². The minimum atomic E-state index is -0.844. The number of nitrogens with zero attached hydrogens (tertiary/aromatic N) is 1. The Labute approximate surface area is 174 Å². The Hall–Kier alpha value is -2.99. The van der Waals surface area contributed by atoms with Crippen molar-refractivity contribution in [3.05, 3.63) is 76.1 Å². The van der Waals surface area contributed by atoms with E-state index in [0.717, 1.165) is 11.1 Å². The van der Waals surface area contributed by atoms with Crippen LogP contribution in [0.4, 0.5) is 10.5 Å². The van der Waals surface area contributed by atoms with Gasteiger partial charge in [0.05, 0.1) is 18.7 Å².